The van der Waals surface area contributed by atoms with Crippen LogP contribution in [0.5, 0.6) is 11.5 Å². The number of carbonyl (C=O) groups excluding carboxylic acids is 2. The molecule has 2 aromatic rings. The molecule has 0 radical (unpaired) electrons. The molecule has 4 rings (SSSR count). The van der Waals surface area contributed by atoms with E-state index in [0.717, 1.165) is 77.5 Å². The number of rotatable bonds is 14. The summed E-state index contributed by atoms with van der Waals surface area (Å²) in [5.41, 5.74) is 5.63. The molecule has 2 aliphatic rings. The minimum Gasteiger partial charge on any atom is -0.507 e. The van der Waals surface area contributed by atoms with E-state index in [2.05, 4.69) is 4.90 Å². The van der Waals surface area contributed by atoms with Crippen LogP contribution < -0.4 is 4.84 Å². The lowest BCUT2D eigenvalue weighted by molar-refractivity contribution is -0.154. The number of fused-ring (bicyclic) bond motifs is 1. The van der Waals surface area contributed by atoms with E-state index >= 15 is 0 Å². The normalized spacial score (nSPS) is 16.3. The monoisotopic (exact) mass is 612 g/mol. The van der Waals surface area contributed by atoms with E-state index in [1.807, 2.05) is 45.0 Å². The Morgan fingerprint density at radius 2 is 1.98 bits per heavy atom. The highest BCUT2D eigenvalue weighted by Gasteiger charge is 2.31. The molecule has 1 saturated heterocycles. The number of hydrogen-bond donors (Lipinski definition) is 1. The van der Waals surface area contributed by atoms with Gasteiger partial charge in [0.2, 0.25) is 0 Å². The Morgan fingerprint density at radius 3 is 2.70 bits per heavy atom. The van der Waals surface area contributed by atoms with E-state index < -0.39 is 26.6 Å². The van der Waals surface area contributed by atoms with Gasteiger partial charge in [0, 0.05) is 36.3 Å². The number of allylic oxidation sites excluding steroid dienone is 2. The fourth-order valence-electron chi connectivity index (χ4n) is 5.49. The molecule has 2 heterocycles. The second-order valence-electron chi connectivity index (χ2n) is 10.9. The molecule has 2 aliphatic heterocycles. The predicted molar refractivity (Wildman–Crippen MR) is 161 cm³/mol. The predicted octanol–water partition coefficient (Wildman–Crippen LogP) is 5.12. The van der Waals surface area contributed by atoms with Crippen molar-refractivity contribution < 1.29 is 38.3 Å². The zero-order valence-corrected chi connectivity index (χ0v) is 26.3. The van der Waals surface area contributed by atoms with Gasteiger partial charge in [0.05, 0.1) is 19.8 Å². The Kier molecular flexibility index (Phi) is 11.7. The molecule has 1 N–H and O–H groups in total. The fourth-order valence-corrected chi connectivity index (χ4v) is 5.85. The molecule has 43 heavy (non-hydrogen) atoms. The molecular formula is C32H41N2O8P. The molecule has 0 unspecified atom stereocenters. The molecule has 2 aromatic carbocycles. The zero-order valence-electron chi connectivity index (χ0n) is 25.4. The van der Waals surface area contributed by atoms with Crippen LogP contribution in [0, 0.1) is 6.92 Å². The summed E-state index contributed by atoms with van der Waals surface area (Å²) in [7, 11) is -0.471. The molecule has 10 nitrogen and oxygen atoms in total. The van der Waals surface area contributed by atoms with Gasteiger partial charge in [-0.2, -0.15) is 0 Å². The zero-order chi connectivity index (χ0) is 30.9. The molecule has 232 valence electrons. The lowest BCUT2D eigenvalue weighted by Crippen LogP contribution is -2.38. The van der Waals surface area contributed by atoms with E-state index in [4.69, 9.17) is 19.0 Å². The summed E-state index contributed by atoms with van der Waals surface area (Å²) < 4.78 is 28.0. The van der Waals surface area contributed by atoms with E-state index in [1.165, 1.54) is 0 Å². The third kappa shape index (κ3) is 8.00. The van der Waals surface area contributed by atoms with Gasteiger partial charge in [-0.15, -0.1) is 0 Å². The molecule has 1 fully saturated rings. The van der Waals surface area contributed by atoms with Gasteiger partial charge in [0.15, 0.2) is 11.8 Å². The first-order chi connectivity index (χ1) is 20.7. The summed E-state index contributed by atoms with van der Waals surface area (Å²) in [4.78, 5) is 34.2. The Bertz CT molecular complexity index is 1360. The summed E-state index contributed by atoms with van der Waals surface area (Å²) in [5, 5.41) is 11.0. The number of hydroxylamine groups is 1. The van der Waals surface area contributed by atoms with E-state index in [1.54, 1.807) is 13.0 Å². The highest BCUT2D eigenvalue weighted by Crippen LogP contribution is 2.38. The second kappa shape index (κ2) is 15.4. The smallest absolute Gasteiger partial charge is 0.342 e. The van der Waals surface area contributed by atoms with Gasteiger partial charge in [-0.25, -0.2) is 4.79 Å². The van der Waals surface area contributed by atoms with Crippen molar-refractivity contribution in [2.24, 2.45) is 0 Å². The van der Waals surface area contributed by atoms with Gasteiger partial charge in [-0.3, -0.25) is 14.3 Å². The van der Waals surface area contributed by atoms with Crippen LogP contribution in [0.2, 0.25) is 0 Å². The lowest BCUT2D eigenvalue weighted by atomic mass is 9.89. The molecule has 0 aliphatic carbocycles. The fraction of sp³-hybridized carbons (Fsp3) is 0.500. The van der Waals surface area contributed by atoms with Crippen LogP contribution >= 0.6 is 8.61 Å². The number of hydrogen-bond acceptors (Lipinski definition) is 9. The van der Waals surface area contributed by atoms with Crippen molar-refractivity contribution in [3.05, 3.63) is 69.3 Å². The van der Waals surface area contributed by atoms with E-state index in [-0.39, 0.29) is 24.5 Å². The van der Waals surface area contributed by atoms with E-state index in [9.17, 15) is 19.3 Å². The standard InChI is InChI=1S/C32H41N2O8P/c1-5-25-22(3)27-20-41-32(37)29(27)30(35)26(25)12-11-21(2)19-24-9-6-7-10-28(24)42-34(43-38)23(4)31(36)40-16-8-13-33-14-17-39-18-15-33/h6-7,9-11,23,35H,5,8,12-20H2,1-4H3/t23-/m0/s1. The maximum atomic E-state index is 12.7. The van der Waals surface area contributed by atoms with Crippen LogP contribution in [0.3, 0.4) is 0 Å². The molecule has 0 aromatic heterocycles. The molecule has 0 bridgehead atoms. The first-order valence-corrected chi connectivity index (χ1v) is 15.6. The number of phenols is 1. The molecule has 1 atom stereocenters. The van der Waals surface area contributed by atoms with Crippen molar-refractivity contribution in [1.82, 2.24) is 9.73 Å². The number of nitrogens with zero attached hydrogens (tertiary/aromatic N) is 2. The number of morpholine rings is 1. The maximum absolute atomic E-state index is 12.7. The molecular weight excluding hydrogens is 571 g/mol. The van der Waals surface area contributed by atoms with Crippen molar-refractivity contribution in [2.45, 2.75) is 66.0 Å². The minimum absolute atomic E-state index is 0.000187. The van der Waals surface area contributed by atoms with Crippen molar-refractivity contribution in [3.63, 3.8) is 0 Å². The van der Waals surface area contributed by atoms with Gasteiger partial charge in [-0.05, 0) is 68.5 Å². The summed E-state index contributed by atoms with van der Waals surface area (Å²) in [6.45, 7) is 12.0. The lowest BCUT2D eigenvalue weighted by Gasteiger charge is -2.26. The van der Waals surface area contributed by atoms with Crippen LogP contribution in [0.1, 0.15) is 65.4 Å². The molecule has 0 saturated carbocycles. The molecule has 0 spiro atoms. The van der Waals surface area contributed by atoms with Gasteiger partial charge < -0.3 is 24.2 Å². The number of para-hydroxylation sites is 1. The number of aromatic hydroxyl groups is 1. The topological polar surface area (TPSA) is 115 Å². The van der Waals surface area contributed by atoms with Crippen molar-refractivity contribution in [3.8, 4) is 11.5 Å². The Morgan fingerprint density at radius 1 is 1.23 bits per heavy atom. The molecule has 0 amide bonds. The van der Waals surface area contributed by atoms with E-state index in [0.29, 0.717) is 25.0 Å². The molecule has 11 heteroatoms. The highest BCUT2D eigenvalue weighted by molar-refractivity contribution is 7.20. The summed E-state index contributed by atoms with van der Waals surface area (Å²) >= 11 is 0. The number of carbonyl (C=O) groups is 2. The van der Waals surface area contributed by atoms with Crippen molar-refractivity contribution in [1.29, 1.82) is 0 Å². The van der Waals surface area contributed by atoms with Gasteiger partial charge in [0.1, 0.15) is 17.9 Å². The van der Waals surface area contributed by atoms with Crippen LogP contribution in [0.4, 0.5) is 0 Å². The van der Waals surface area contributed by atoms with Crippen LogP contribution in [0.25, 0.3) is 0 Å². The van der Waals surface area contributed by atoms with Crippen molar-refractivity contribution in [2.75, 3.05) is 39.5 Å². The number of phenolic OH excluding ortho intramolecular Hbond substituents is 1. The number of ether oxygens (including phenoxy) is 3. The van der Waals surface area contributed by atoms with Crippen LogP contribution in [-0.2, 0) is 49.4 Å². The average molecular weight is 613 g/mol. The van der Waals surface area contributed by atoms with Crippen LogP contribution in [0.15, 0.2) is 35.9 Å². The van der Waals surface area contributed by atoms with Gasteiger partial charge in [0.25, 0.3) is 8.61 Å². The highest BCUT2D eigenvalue weighted by atomic mass is 31.1. The average Bonchev–Trinajstić information content (AvgIpc) is 3.41. The van der Waals surface area contributed by atoms with Gasteiger partial charge >= 0.3 is 11.9 Å². The summed E-state index contributed by atoms with van der Waals surface area (Å²) in [5.74, 6) is -0.530. The second-order valence-corrected chi connectivity index (χ2v) is 11.4. The minimum atomic E-state index is -0.891. The maximum Gasteiger partial charge on any atom is 0.342 e. The Hall–Kier alpha value is -3.30. The van der Waals surface area contributed by atoms with Crippen LogP contribution in [-0.4, -0.2) is 72.3 Å². The number of cyclic esters (lactones) is 1. The van der Waals surface area contributed by atoms with Gasteiger partial charge in [-0.1, -0.05) is 36.8 Å². The Labute approximate surface area is 254 Å². The van der Waals surface area contributed by atoms with Crippen molar-refractivity contribution >= 4 is 20.5 Å². The Balaban J connectivity index is 1.38. The first-order valence-electron chi connectivity index (χ1n) is 14.8. The largest absolute Gasteiger partial charge is 0.507 e. The quantitative estimate of drug-likeness (QED) is 0.101. The number of benzene rings is 2. The first kappa shape index (κ1) is 32.6. The summed E-state index contributed by atoms with van der Waals surface area (Å²) in [6, 6.07) is 6.47. The SMILES string of the molecule is CCc1c(C)c2c(c(O)c1CC=C(C)Cc1ccccc1ON(P=O)[C@@H](C)C(=O)OCCCN1CCOCC1)C(=O)OC2. The summed E-state index contributed by atoms with van der Waals surface area (Å²) in [6.07, 6.45) is 4.42. The third-order valence-electron chi connectivity index (χ3n) is 8.01. The third-order valence-corrected chi connectivity index (χ3v) is 8.60. The number of esters is 2.